The number of halogens is 1. The zero-order chi connectivity index (χ0) is 22.8. The van der Waals surface area contributed by atoms with E-state index in [9.17, 15) is 4.79 Å². The second kappa shape index (κ2) is 14.0. The van der Waals surface area contributed by atoms with E-state index < -0.39 is 0 Å². The van der Waals surface area contributed by atoms with Crippen LogP contribution >= 0.6 is 24.0 Å². The van der Waals surface area contributed by atoms with Crippen LogP contribution < -0.4 is 20.7 Å². The molecule has 1 aliphatic heterocycles. The van der Waals surface area contributed by atoms with Crippen molar-refractivity contribution in [3.8, 4) is 11.5 Å². The number of likely N-dealkylation sites (N-methyl/N-ethyl adjacent to an activating group) is 1. The van der Waals surface area contributed by atoms with Gasteiger partial charge in [-0.1, -0.05) is 30.3 Å². The number of guanidine groups is 1. The Labute approximate surface area is 214 Å². The smallest absolute Gasteiger partial charge is 0.233 e. The van der Waals surface area contributed by atoms with Crippen molar-refractivity contribution >= 4 is 35.8 Å². The predicted octanol–water partition coefficient (Wildman–Crippen LogP) is 3.67. The Morgan fingerprint density at radius 3 is 2.61 bits per heavy atom. The minimum atomic E-state index is 0. The lowest BCUT2D eigenvalue weighted by Crippen LogP contribution is -2.50. The van der Waals surface area contributed by atoms with Crippen molar-refractivity contribution in [1.29, 1.82) is 0 Å². The lowest BCUT2D eigenvalue weighted by atomic mass is 10.1. The number of likely N-dealkylation sites (tertiary alicyclic amines) is 1. The van der Waals surface area contributed by atoms with Crippen LogP contribution in [0.5, 0.6) is 11.5 Å². The van der Waals surface area contributed by atoms with E-state index in [1.165, 1.54) is 0 Å². The molecular weight excluding hydrogens is 529 g/mol. The van der Waals surface area contributed by atoms with Crippen molar-refractivity contribution in [3.05, 3.63) is 59.7 Å². The first-order valence-electron chi connectivity index (χ1n) is 11.4. The van der Waals surface area contributed by atoms with Gasteiger partial charge in [0.15, 0.2) is 5.96 Å². The van der Waals surface area contributed by atoms with Gasteiger partial charge in [0.25, 0.3) is 0 Å². The van der Waals surface area contributed by atoms with E-state index in [1.807, 2.05) is 36.4 Å². The van der Waals surface area contributed by atoms with Gasteiger partial charge in [-0.3, -0.25) is 9.69 Å². The normalized spacial score (nSPS) is 14.8. The maximum absolute atomic E-state index is 11.6. The van der Waals surface area contributed by atoms with Crippen LogP contribution in [0.1, 0.15) is 30.9 Å². The minimum Gasteiger partial charge on any atom is -0.457 e. The van der Waals surface area contributed by atoms with E-state index in [0.717, 1.165) is 61.1 Å². The molecule has 180 valence electrons. The summed E-state index contributed by atoms with van der Waals surface area (Å²) in [4.78, 5) is 18.6. The number of amides is 1. The number of nitrogens with zero attached hydrogens (tertiary/aromatic N) is 2. The summed E-state index contributed by atoms with van der Waals surface area (Å²) in [6, 6.07) is 16.4. The average Bonchev–Trinajstić information content (AvgIpc) is 2.79. The summed E-state index contributed by atoms with van der Waals surface area (Å²) in [7, 11) is 1.68. The zero-order valence-electron chi connectivity index (χ0n) is 19.8. The first-order valence-corrected chi connectivity index (χ1v) is 11.4. The molecule has 33 heavy (non-hydrogen) atoms. The number of carbonyl (C=O) groups is 1. The highest BCUT2D eigenvalue weighted by Crippen LogP contribution is 2.26. The van der Waals surface area contributed by atoms with Gasteiger partial charge in [-0.25, -0.2) is 4.99 Å². The lowest BCUT2D eigenvalue weighted by Gasteiger charge is -2.32. The van der Waals surface area contributed by atoms with Crippen molar-refractivity contribution in [3.63, 3.8) is 0 Å². The second-order valence-electron chi connectivity index (χ2n) is 8.09. The fourth-order valence-electron chi connectivity index (χ4n) is 3.73. The van der Waals surface area contributed by atoms with Gasteiger partial charge in [-0.15, -0.1) is 24.0 Å². The number of hydrogen-bond donors (Lipinski definition) is 3. The highest BCUT2D eigenvalue weighted by molar-refractivity contribution is 14.0. The van der Waals surface area contributed by atoms with Gasteiger partial charge in [-0.05, 0) is 50.5 Å². The van der Waals surface area contributed by atoms with Crippen molar-refractivity contribution in [2.45, 2.75) is 39.3 Å². The van der Waals surface area contributed by atoms with Gasteiger partial charge in [0, 0.05) is 38.3 Å². The highest BCUT2D eigenvalue weighted by Gasteiger charge is 2.21. The van der Waals surface area contributed by atoms with E-state index in [4.69, 9.17) is 9.73 Å². The Balaban J connectivity index is 0.00000385. The minimum absolute atomic E-state index is 0. The summed E-state index contributed by atoms with van der Waals surface area (Å²) in [5.74, 6) is 2.52. The fourth-order valence-corrected chi connectivity index (χ4v) is 3.73. The van der Waals surface area contributed by atoms with Gasteiger partial charge < -0.3 is 20.7 Å². The standard InChI is InChI=1S/C25H35N5O2.HI/c1-4-27-25(29-21-12-14-30(15-13-21)18-24(31)26-3)28-17-20-9-5-6-11-23(20)32-22-10-7-8-19(2)16-22;/h5-11,16,21H,4,12-15,17-18H2,1-3H3,(H,26,31)(H2,27,28,29);1H. The molecule has 0 spiro atoms. The molecule has 0 radical (unpaired) electrons. The molecule has 0 aliphatic carbocycles. The molecule has 7 nitrogen and oxygen atoms in total. The molecule has 0 atom stereocenters. The van der Waals surface area contributed by atoms with Crippen LogP contribution in [0.15, 0.2) is 53.5 Å². The van der Waals surface area contributed by atoms with Crippen LogP contribution in [0, 0.1) is 6.92 Å². The van der Waals surface area contributed by atoms with Gasteiger partial charge in [-0.2, -0.15) is 0 Å². The fraction of sp³-hybridized carbons (Fsp3) is 0.440. The number of hydrogen-bond acceptors (Lipinski definition) is 4. The van der Waals surface area contributed by atoms with E-state index in [1.54, 1.807) is 7.05 Å². The third kappa shape index (κ3) is 8.85. The predicted molar refractivity (Wildman–Crippen MR) is 145 cm³/mol. The largest absolute Gasteiger partial charge is 0.457 e. The number of para-hydroxylation sites is 1. The molecule has 0 unspecified atom stereocenters. The Morgan fingerprint density at radius 2 is 1.91 bits per heavy atom. The van der Waals surface area contributed by atoms with Crippen LogP contribution in [0.3, 0.4) is 0 Å². The van der Waals surface area contributed by atoms with E-state index in [-0.39, 0.29) is 29.9 Å². The maximum atomic E-state index is 11.6. The van der Waals surface area contributed by atoms with Crippen LogP contribution in [-0.2, 0) is 11.3 Å². The Morgan fingerprint density at radius 1 is 1.15 bits per heavy atom. The summed E-state index contributed by atoms with van der Waals surface area (Å²) in [5, 5.41) is 9.60. The SMILES string of the molecule is CCNC(=NCc1ccccc1Oc1cccc(C)c1)NC1CCN(CC(=O)NC)CC1.I. The number of nitrogens with one attached hydrogen (secondary N) is 3. The molecular formula is C25H36IN5O2. The Kier molecular flexibility index (Phi) is 11.5. The van der Waals surface area contributed by atoms with Gasteiger partial charge in [0.1, 0.15) is 11.5 Å². The summed E-state index contributed by atoms with van der Waals surface area (Å²) in [6.45, 7) is 7.71. The van der Waals surface area contributed by atoms with E-state index >= 15 is 0 Å². The molecule has 0 bridgehead atoms. The molecule has 3 N–H and O–H groups in total. The number of piperidine rings is 1. The maximum Gasteiger partial charge on any atom is 0.233 e. The topological polar surface area (TPSA) is 78.0 Å². The first-order chi connectivity index (χ1) is 15.6. The van der Waals surface area contributed by atoms with Crippen LogP contribution in [0.25, 0.3) is 0 Å². The van der Waals surface area contributed by atoms with E-state index in [0.29, 0.717) is 19.1 Å². The summed E-state index contributed by atoms with van der Waals surface area (Å²) < 4.78 is 6.14. The van der Waals surface area contributed by atoms with Gasteiger partial charge in [0.05, 0.1) is 13.1 Å². The van der Waals surface area contributed by atoms with Crippen LogP contribution in [-0.4, -0.2) is 56.0 Å². The molecule has 2 aromatic rings. The molecule has 0 aromatic heterocycles. The third-order valence-electron chi connectivity index (χ3n) is 5.52. The number of rotatable bonds is 8. The average molecular weight is 566 g/mol. The number of aliphatic imine (C=N–C) groups is 1. The first kappa shape index (κ1) is 26.9. The number of carbonyl (C=O) groups excluding carboxylic acids is 1. The molecule has 8 heteroatoms. The monoisotopic (exact) mass is 565 g/mol. The number of benzene rings is 2. The molecule has 1 fully saturated rings. The van der Waals surface area contributed by atoms with Crippen molar-refractivity contribution < 1.29 is 9.53 Å². The third-order valence-corrected chi connectivity index (χ3v) is 5.52. The Hall–Kier alpha value is -2.33. The second-order valence-corrected chi connectivity index (χ2v) is 8.09. The highest BCUT2D eigenvalue weighted by atomic mass is 127. The van der Waals surface area contributed by atoms with Crippen molar-refractivity contribution in [1.82, 2.24) is 20.9 Å². The van der Waals surface area contributed by atoms with Gasteiger partial charge in [0.2, 0.25) is 5.91 Å². The van der Waals surface area contributed by atoms with Crippen LogP contribution in [0.4, 0.5) is 0 Å². The molecule has 3 rings (SSSR count). The molecule has 1 heterocycles. The van der Waals surface area contributed by atoms with Gasteiger partial charge >= 0.3 is 0 Å². The van der Waals surface area contributed by atoms with Crippen molar-refractivity contribution in [2.24, 2.45) is 4.99 Å². The molecule has 0 saturated carbocycles. The summed E-state index contributed by atoms with van der Waals surface area (Å²) >= 11 is 0. The lowest BCUT2D eigenvalue weighted by molar-refractivity contribution is -0.122. The number of aryl methyl sites for hydroxylation is 1. The quantitative estimate of drug-likeness (QED) is 0.259. The van der Waals surface area contributed by atoms with Crippen molar-refractivity contribution in [2.75, 3.05) is 33.2 Å². The van der Waals surface area contributed by atoms with E-state index in [2.05, 4.69) is 46.8 Å². The molecule has 1 aliphatic rings. The molecule has 1 amide bonds. The Bertz CT molecular complexity index is 913. The zero-order valence-corrected chi connectivity index (χ0v) is 22.1. The summed E-state index contributed by atoms with van der Waals surface area (Å²) in [6.07, 6.45) is 1.96. The summed E-state index contributed by atoms with van der Waals surface area (Å²) in [5.41, 5.74) is 2.20. The molecule has 2 aromatic carbocycles. The number of ether oxygens (including phenoxy) is 1. The van der Waals surface area contributed by atoms with Crippen LogP contribution in [0.2, 0.25) is 0 Å². The molecule has 1 saturated heterocycles.